The summed E-state index contributed by atoms with van der Waals surface area (Å²) in [6, 6.07) is 11.6. The van der Waals surface area contributed by atoms with Crippen molar-refractivity contribution < 1.29 is 4.79 Å². The first kappa shape index (κ1) is 13.8. The van der Waals surface area contributed by atoms with E-state index in [0.29, 0.717) is 12.0 Å². The third-order valence-corrected chi connectivity index (χ3v) is 4.83. The van der Waals surface area contributed by atoms with Crippen LogP contribution < -0.4 is 5.32 Å². The molecule has 106 valence electrons. The van der Waals surface area contributed by atoms with Crippen LogP contribution >= 0.6 is 11.3 Å². The first-order valence-corrected chi connectivity index (χ1v) is 7.99. The van der Waals surface area contributed by atoms with Gasteiger partial charge in [0.25, 0.3) is 0 Å². The molecule has 3 rings (SSSR count). The summed E-state index contributed by atoms with van der Waals surface area (Å²) < 4.78 is 0. The lowest BCUT2D eigenvalue weighted by Crippen LogP contribution is -2.31. The van der Waals surface area contributed by atoms with Gasteiger partial charge in [-0.2, -0.15) is 5.26 Å². The molecule has 0 bridgehead atoms. The van der Waals surface area contributed by atoms with Crippen LogP contribution in [0.4, 0.5) is 0 Å². The molecular formula is C17H16N2OS. The number of carbonyl (C=O) groups excluding carboxylic acids is 1. The molecule has 2 aromatic rings. The van der Waals surface area contributed by atoms with E-state index in [1.807, 2.05) is 12.1 Å². The van der Waals surface area contributed by atoms with Gasteiger partial charge in [-0.1, -0.05) is 12.1 Å². The van der Waals surface area contributed by atoms with Crippen LogP contribution in [0.3, 0.4) is 0 Å². The van der Waals surface area contributed by atoms with Gasteiger partial charge < -0.3 is 5.32 Å². The van der Waals surface area contributed by atoms with E-state index < -0.39 is 0 Å². The van der Waals surface area contributed by atoms with Crippen LogP contribution in [0.5, 0.6) is 0 Å². The van der Waals surface area contributed by atoms with E-state index in [2.05, 4.69) is 22.8 Å². The highest BCUT2D eigenvalue weighted by atomic mass is 32.1. The monoisotopic (exact) mass is 296 g/mol. The van der Waals surface area contributed by atoms with Crippen molar-refractivity contribution in [1.29, 1.82) is 5.26 Å². The Hall–Kier alpha value is -2.12. The Bertz CT molecular complexity index is 682. The second-order valence-electron chi connectivity index (χ2n) is 5.30. The number of hydrogen-bond acceptors (Lipinski definition) is 3. The Kier molecular flexibility index (Phi) is 4.03. The highest BCUT2D eigenvalue weighted by Crippen LogP contribution is 2.33. The summed E-state index contributed by atoms with van der Waals surface area (Å²) in [4.78, 5) is 13.6. The molecule has 0 aliphatic heterocycles. The van der Waals surface area contributed by atoms with Crippen molar-refractivity contribution in [2.75, 3.05) is 0 Å². The maximum absolute atomic E-state index is 12.2. The molecule has 1 atom stereocenters. The van der Waals surface area contributed by atoms with E-state index in [9.17, 15) is 4.79 Å². The average molecular weight is 296 g/mol. The molecule has 3 nitrogen and oxygen atoms in total. The molecule has 1 amide bonds. The van der Waals surface area contributed by atoms with Crippen molar-refractivity contribution in [3.8, 4) is 6.07 Å². The Balaban J connectivity index is 1.64. The van der Waals surface area contributed by atoms with Gasteiger partial charge in [0.2, 0.25) is 5.91 Å². The highest BCUT2D eigenvalue weighted by Gasteiger charge is 2.22. The maximum atomic E-state index is 12.2. The smallest absolute Gasteiger partial charge is 0.224 e. The predicted octanol–water partition coefficient (Wildman–Crippen LogP) is 3.36. The first-order chi connectivity index (χ1) is 10.3. The minimum Gasteiger partial charge on any atom is -0.349 e. The molecule has 1 aromatic heterocycles. The lowest BCUT2D eigenvalue weighted by atomic mass is 9.94. The summed E-state index contributed by atoms with van der Waals surface area (Å²) in [6.45, 7) is 0. The quantitative estimate of drug-likeness (QED) is 0.944. The molecule has 0 radical (unpaired) electrons. The molecule has 1 N–H and O–H groups in total. The van der Waals surface area contributed by atoms with Gasteiger partial charge in [0, 0.05) is 4.88 Å². The number of nitrogens with zero attached hydrogens (tertiary/aromatic N) is 1. The van der Waals surface area contributed by atoms with Crippen LogP contribution in [0.2, 0.25) is 0 Å². The first-order valence-electron chi connectivity index (χ1n) is 7.11. The standard InChI is InChI=1S/C17H16N2OS/c18-11-13-6-4-12(5-7-13)10-17(20)19-15-2-1-3-16-14(15)8-9-21-16/h4-9,15H,1-3,10H2,(H,19,20). The number of nitriles is 1. The van der Waals surface area contributed by atoms with Crippen LogP contribution in [0, 0.1) is 11.3 Å². The van der Waals surface area contributed by atoms with Crippen LogP contribution in [0.25, 0.3) is 0 Å². The number of benzene rings is 1. The van der Waals surface area contributed by atoms with Gasteiger partial charge in [0.05, 0.1) is 24.1 Å². The van der Waals surface area contributed by atoms with Crippen molar-refractivity contribution >= 4 is 17.2 Å². The Morgan fingerprint density at radius 1 is 1.33 bits per heavy atom. The summed E-state index contributed by atoms with van der Waals surface area (Å²) in [6.07, 6.45) is 3.65. The van der Waals surface area contributed by atoms with Crippen LogP contribution in [-0.2, 0) is 17.6 Å². The fraction of sp³-hybridized carbons (Fsp3) is 0.294. The van der Waals surface area contributed by atoms with E-state index in [0.717, 1.165) is 24.8 Å². The molecule has 1 heterocycles. The van der Waals surface area contributed by atoms with Crippen molar-refractivity contribution in [3.63, 3.8) is 0 Å². The second kappa shape index (κ2) is 6.11. The number of aryl methyl sites for hydroxylation is 1. The number of hydrogen-bond donors (Lipinski definition) is 1. The molecule has 0 saturated carbocycles. The predicted molar refractivity (Wildman–Crippen MR) is 83.0 cm³/mol. The topological polar surface area (TPSA) is 52.9 Å². The fourth-order valence-electron chi connectivity index (χ4n) is 2.76. The molecule has 4 heteroatoms. The molecule has 0 spiro atoms. The number of amides is 1. The van der Waals surface area contributed by atoms with Crippen molar-refractivity contribution in [3.05, 3.63) is 57.3 Å². The number of nitrogens with one attached hydrogen (secondary N) is 1. The summed E-state index contributed by atoms with van der Waals surface area (Å²) in [5, 5.41) is 14.0. The SMILES string of the molecule is N#Cc1ccc(CC(=O)NC2CCCc3sccc32)cc1. The Labute approximate surface area is 128 Å². The zero-order valence-corrected chi connectivity index (χ0v) is 12.5. The number of fused-ring (bicyclic) bond motifs is 1. The second-order valence-corrected chi connectivity index (χ2v) is 6.30. The van der Waals surface area contributed by atoms with Gasteiger partial charge >= 0.3 is 0 Å². The van der Waals surface area contributed by atoms with Crippen LogP contribution in [0.15, 0.2) is 35.7 Å². The third kappa shape index (κ3) is 3.14. The van der Waals surface area contributed by atoms with Crippen molar-refractivity contribution in [2.45, 2.75) is 31.7 Å². The minimum atomic E-state index is 0.0451. The fourth-order valence-corrected chi connectivity index (χ4v) is 3.75. The lowest BCUT2D eigenvalue weighted by molar-refractivity contribution is -0.121. The van der Waals surface area contributed by atoms with Crippen LogP contribution in [0.1, 0.15) is 40.5 Å². The molecule has 1 aromatic carbocycles. The lowest BCUT2D eigenvalue weighted by Gasteiger charge is -2.23. The highest BCUT2D eigenvalue weighted by molar-refractivity contribution is 7.10. The average Bonchev–Trinajstić information content (AvgIpc) is 2.97. The third-order valence-electron chi connectivity index (χ3n) is 3.83. The zero-order chi connectivity index (χ0) is 14.7. The van der Waals surface area contributed by atoms with E-state index in [1.54, 1.807) is 23.5 Å². The minimum absolute atomic E-state index is 0.0451. The summed E-state index contributed by atoms with van der Waals surface area (Å²) >= 11 is 1.78. The van der Waals surface area contributed by atoms with Crippen LogP contribution in [-0.4, -0.2) is 5.91 Å². The number of thiophene rings is 1. The zero-order valence-electron chi connectivity index (χ0n) is 11.6. The van der Waals surface area contributed by atoms with Gasteiger partial charge in [-0.05, 0) is 54.0 Å². The molecule has 1 aliphatic carbocycles. The molecule has 1 unspecified atom stereocenters. The largest absolute Gasteiger partial charge is 0.349 e. The molecule has 0 saturated heterocycles. The summed E-state index contributed by atoms with van der Waals surface area (Å²) in [5.74, 6) is 0.0451. The van der Waals surface area contributed by atoms with E-state index in [4.69, 9.17) is 5.26 Å². The van der Waals surface area contributed by atoms with Crippen molar-refractivity contribution in [2.24, 2.45) is 0 Å². The Morgan fingerprint density at radius 2 is 2.14 bits per heavy atom. The Morgan fingerprint density at radius 3 is 2.90 bits per heavy atom. The van der Waals surface area contributed by atoms with E-state index in [-0.39, 0.29) is 11.9 Å². The maximum Gasteiger partial charge on any atom is 0.224 e. The van der Waals surface area contributed by atoms with Gasteiger partial charge in [-0.3, -0.25) is 4.79 Å². The molecule has 1 aliphatic rings. The normalized spacial score (nSPS) is 16.8. The van der Waals surface area contributed by atoms with Crippen molar-refractivity contribution in [1.82, 2.24) is 5.32 Å². The number of carbonyl (C=O) groups is 1. The van der Waals surface area contributed by atoms with Gasteiger partial charge in [-0.25, -0.2) is 0 Å². The number of rotatable bonds is 3. The molecule has 0 fully saturated rings. The van der Waals surface area contributed by atoms with Gasteiger partial charge in [-0.15, -0.1) is 11.3 Å². The summed E-state index contributed by atoms with van der Waals surface area (Å²) in [5.41, 5.74) is 2.85. The van der Waals surface area contributed by atoms with E-state index in [1.165, 1.54) is 10.4 Å². The molecular weight excluding hydrogens is 280 g/mol. The molecule has 21 heavy (non-hydrogen) atoms. The van der Waals surface area contributed by atoms with Gasteiger partial charge in [0.1, 0.15) is 0 Å². The van der Waals surface area contributed by atoms with Gasteiger partial charge in [0.15, 0.2) is 0 Å². The van der Waals surface area contributed by atoms with E-state index >= 15 is 0 Å². The summed E-state index contributed by atoms with van der Waals surface area (Å²) in [7, 11) is 0.